The second-order valence-corrected chi connectivity index (χ2v) is 8.86. The maximum atomic E-state index is 6.26. The van der Waals surface area contributed by atoms with Crippen molar-refractivity contribution in [3.63, 3.8) is 0 Å². The predicted octanol–water partition coefficient (Wildman–Crippen LogP) is 5.69. The molecule has 2 saturated carbocycles. The molecule has 2 aliphatic carbocycles. The van der Waals surface area contributed by atoms with E-state index >= 15 is 0 Å². The van der Waals surface area contributed by atoms with Gasteiger partial charge in [-0.2, -0.15) is 0 Å². The van der Waals surface area contributed by atoms with Crippen molar-refractivity contribution >= 4 is 11.6 Å². The van der Waals surface area contributed by atoms with Crippen molar-refractivity contribution in [2.75, 3.05) is 0 Å². The molecule has 2 bridgehead atoms. The maximum absolute atomic E-state index is 6.26. The van der Waals surface area contributed by atoms with Crippen LogP contribution in [0.15, 0.2) is 34.9 Å². The molecule has 2 atom stereocenters. The van der Waals surface area contributed by atoms with Gasteiger partial charge in [-0.3, -0.25) is 0 Å². The van der Waals surface area contributed by atoms with E-state index in [4.69, 9.17) is 16.1 Å². The van der Waals surface area contributed by atoms with Crippen LogP contribution in [0.1, 0.15) is 51.6 Å². The average molecular weight is 359 g/mol. The summed E-state index contributed by atoms with van der Waals surface area (Å²) < 4.78 is 5.54. The summed E-state index contributed by atoms with van der Waals surface area (Å²) >= 11 is 6.26. The number of hydrogen-bond acceptors (Lipinski definition) is 3. The molecular formula is C21H27ClN2O. The van der Waals surface area contributed by atoms with E-state index < -0.39 is 0 Å². The Hall–Kier alpha value is -1.32. The second kappa shape index (κ2) is 6.77. The minimum atomic E-state index is 0.281. The molecular weight excluding hydrogens is 332 g/mol. The van der Waals surface area contributed by atoms with E-state index in [1.54, 1.807) is 0 Å². The van der Waals surface area contributed by atoms with Crippen molar-refractivity contribution in [2.24, 2.45) is 17.8 Å². The first-order valence-electron chi connectivity index (χ1n) is 9.48. The van der Waals surface area contributed by atoms with Crippen LogP contribution in [-0.2, 0) is 6.54 Å². The molecule has 134 valence electrons. The van der Waals surface area contributed by atoms with Crippen molar-refractivity contribution < 1.29 is 4.52 Å². The van der Waals surface area contributed by atoms with Crippen LogP contribution < -0.4 is 5.32 Å². The zero-order chi connectivity index (χ0) is 17.4. The van der Waals surface area contributed by atoms with E-state index in [9.17, 15) is 0 Å². The lowest BCUT2D eigenvalue weighted by Gasteiger charge is -2.50. The standard InChI is InChI=1S/C21H27ClN2O/c1-14-7-16-8-15(2)11-21(10-14,12-16)23-13-17-9-20(25-24-17)18-5-3-4-6-19(18)22/h3-6,9,14-16,23H,7-8,10-13H2,1-2H3. The largest absolute Gasteiger partial charge is 0.356 e. The number of aromatic nitrogens is 1. The van der Waals surface area contributed by atoms with Crippen LogP contribution in [0.5, 0.6) is 0 Å². The molecule has 2 fully saturated rings. The molecule has 0 aliphatic heterocycles. The number of fused-ring (bicyclic) bond motifs is 2. The van der Waals surface area contributed by atoms with E-state index in [1.165, 1.54) is 32.1 Å². The number of nitrogens with zero attached hydrogens (tertiary/aromatic N) is 1. The summed E-state index contributed by atoms with van der Waals surface area (Å²) in [6, 6.07) is 9.75. The van der Waals surface area contributed by atoms with Gasteiger partial charge in [-0.05, 0) is 62.0 Å². The molecule has 1 N–H and O–H groups in total. The van der Waals surface area contributed by atoms with Gasteiger partial charge in [0.2, 0.25) is 0 Å². The molecule has 2 unspecified atom stereocenters. The van der Waals surface area contributed by atoms with Crippen molar-refractivity contribution in [1.82, 2.24) is 10.5 Å². The Morgan fingerprint density at radius 1 is 1.16 bits per heavy atom. The molecule has 0 spiro atoms. The third-order valence-electron chi connectivity index (χ3n) is 5.97. The summed E-state index contributed by atoms with van der Waals surface area (Å²) in [5.41, 5.74) is 2.14. The number of halogens is 1. The fourth-order valence-corrected chi connectivity index (χ4v) is 5.61. The molecule has 3 nitrogen and oxygen atoms in total. The Bertz CT molecular complexity index is 721. The number of rotatable bonds is 4. The monoisotopic (exact) mass is 358 g/mol. The number of nitrogens with one attached hydrogen (secondary N) is 1. The van der Waals surface area contributed by atoms with Gasteiger partial charge < -0.3 is 9.84 Å². The van der Waals surface area contributed by atoms with E-state index in [1.807, 2.05) is 30.3 Å². The molecule has 2 aromatic rings. The smallest absolute Gasteiger partial charge is 0.168 e. The second-order valence-electron chi connectivity index (χ2n) is 8.46. The first kappa shape index (κ1) is 17.1. The molecule has 1 aromatic carbocycles. The highest BCUT2D eigenvalue weighted by molar-refractivity contribution is 6.33. The maximum Gasteiger partial charge on any atom is 0.168 e. The minimum Gasteiger partial charge on any atom is -0.356 e. The topological polar surface area (TPSA) is 38.1 Å². The Labute approximate surface area is 155 Å². The lowest BCUT2D eigenvalue weighted by molar-refractivity contribution is 0.0538. The molecule has 0 saturated heterocycles. The molecule has 0 amide bonds. The summed E-state index contributed by atoms with van der Waals surface area (Å²) in [7, 11) is 0. The molecule has 1 heterocycles. The van der Waals surface area contributed by atoms with Gasteiger partial charge in [0.1, 0.15) is 0 Å². The van der Waals surface area contributed by atoms with E-state index in [2.05, 4.69) is 24.3 Å². The van der Waals surface area contributed by atoms with E-state index in [-0.39, 0.29) is 5.54 Å². The van der Waals surface area contributed by atoms with Crippen molar-refractivity contribution in [3.05, 3.63) is 41.0 Å². The molecule has 2 aliphatic rings. The van der Waals surface area contributed by atoms with Gasteiger partial charge in [0.25, 0.3) is 0 Å². The summed E-state index contributed by atoms with van der Waals surface area (Å²) in [5.74, 6) is 3.26. The highest BCUT2D eigenvalue weighted by Gasteiger charge is 2.43. The summed E-state index contributed by atoms with van der Waals surface area (Å²) in [6.07, 6.45) is 6.67. The third kappa shape index (κ3) is 3.63. The molecule has 4 heteroatoms. The van der Waals surface area contributed by atoms with Gasteiger partial charge >= 0.3 is 0 Å². The minimum absolute atomic E-state index is 0.281. The van der Waals surface area contributed by atoms with Crippen LogP contribution in [0.2, 0.25) is 5.02 Å². The van der Waals surface area contributed by atoms with Crippen molar-refractivity contribution in [3.8, 4) is 11.3 Å². The number of hydrogen-bond donors (Lipinski definition) is 1. The lowest BCUT2D eigenvalue weighted by atomic mass is 9.61. The first-order valence-corrected chi connectivity index (χ1v) is 9.86. The number of benzene rings is 1. The zero-order valence-electron chi connectivity index (χ0n) is 15.1. The SMILES string of the molecule is CC1CC2CC(C)CC(NCc3cc(-c4ccccc4Cl)on3)(C1)C2. The molecule has 4 rings (SSSR count). The quantitative estimate of drug-likeness (QED) is 0.762. The first-order chi connectivity index (χ1) is 12.0. The third-order valence-corrected chi connectivity index (χ3v) is 6.30. The Morgan fingerprint density at radius 2 is 1.88 bits per heavy atom. The van der Waals surface area contributed by atoms with Crippen LogP contribution in [0, 0.1) is 17.8 Å². The lowest BCUT2D eigenvalue weighted by Crippen LogP contribution is -2.54. The summed E-state index contributed by atoms with van der Waals surface area (Å²) in [5, 5.41) is 8.83. The normalized spacial score (nSPS) is 31.9. The van der Waals surface area contributed by atoms with Gasteiger partial charge in [0, 0.05) is 23.7 Å². The Morgan fingerprint density at radius 3 is 2.60 bits per heavy atom. The van der Waals surface area contributed by atoms with E-state index in [0.717, 1.165) is 41.3 Å². The fraction of sp³-hybridized carbons (Fsp3) is 0.571. The highest BCUT2D eigenvalue weighted by atomic mass is 35.5. The van der Waals surface area contributed by atoms with Crippen molar-refractivity contribution in [1.29, 1.82) is 0 Å². The van der Waals surface area contributed by atoms with Gasteiger partial charge in [-0.25, -0.2) is 0 Å². The molecule has 0 radical (unpaired) electrons. The van der Waals surface area contributed by atoms with Crippen LogP contribution in [-0.4, -0.2) is 10.7 Å². The Kier molecular flexibility index (Phi) is 4.63. The van der Waals surface area contributed by atoms with Crippen LogP contribution in [0.4, 0.5) is 0 Å². The fourth-order valence-electron chi connectivity index (χ4n) is 5.38. The molecule has 1 aromatic heterocycles. The van der Waals surface area contributed by atoms with Gasteiger partial charge in [0.05, 0.1) is 10.7 Å². The van der Waals surface area contributed by atoms with Gasteiger partial charge in [0.15, 0.2) is 5.76 Å². The predicted molar refractivity (Wildman–Crippen MR) is 101 cm³/mol. The Balaban J connectivity index is 1.47. The van der Waals surface area contributed by atoms with Crippen LogP contribution in [0.3, 0.4) is 0 Å². The summed E-state index contributed by atoms with van der Waals surface area (Å²) in [6.45, 7) is 5.58. The zero-order valence-corrected chi connectivity index (χ0v) is 15.9. The van der Waals surface area contributed by atoms with E-state index in [0.29, 0.717) is 5.02 Å². The van der Waals surface area contributed by atoms with Crippen LogP contribution >= 0.6 is 11.6 Å². The molecule has 25 heavy (non-hydrogen) atoms. The van der Waals surface area contributed by atoms with Crippen molar-refractivity contribution in [2.45, 2.75) is 58.0 Å². The van der Waals surface area contributed by atoms with Gasteiger partial charge in [-0.15, -0.1) is 0 Å². The highest BCUT2D eigenvalue weighted by Crippen LogP contribution is 2.47. The summed E-state index contributed by atoms with van der Waals surface area (Å²) in [4.78, 5) is 0. The van der Waals surface area contributed by atoms with Gasteiger partial charge in [-0.1, -0.05) is 42.7 Å². The van der Waals surface area contributed by atoms with Crippen LogP contribution in [0.25, 0.3) is 11.3 Å². The average Bonchev–Trinajstić information content (AvgIpc) is 3.01.